The van der Waals surface area contributed by atoms with Crippen molar-refractivity contribution in [3.05, 3.63) is 35.6 Å². The van der Waals surface area contributed by atoms with Gasteiger partial charge in [-0.2, -0.15) is 0 Å². The first-order chi connectivity index (χ1) is 10.5. The Morgan fingerprint density at radius 2 is 2.09 bits per heavy atom. The predicted molar refractivity (Wildman–Crippen MR) is 79.4 cm³/mol. The van der Waals surface area contributed by atoms with E-state index in [2.05, 4.69) is 5.32 Å². The van der Waals surface area contributed by atoms with Gasteiger partial charge in [0.1, 0.15) is 11.9 Å². The number of benzene rings is 1. The molecular weight excluding hydrogens is 287 g/mol. The SMILES string of the molecule is CCC(C(=O)NCC(O)c1ccc(F)cc1)N1CCCC1=O. The van der Waals surface area contributed by atoms with E-state index in [4.69, 9.17) is 0 Å². The van der Waals surface area contributed by atoms with E-state index in [1.165, 1.54) is 24.3 Å². The van der Waals surface area contributed by atoms with Crippen molar-refractivity contribution >= 4 is 11.8 Å². The Kier molecular flexibility index (Phi) is 5.49. The Hall–Kier alpha value is -1.95. The number of hydrogen-bond acceptors (Lipinski definition) is 3. The highest BCUT2D eigenvalue weighted by atomic mass is 19.1. The molecule has 0 aliphatic carbocycles. The van der Waals surface area contributed by atoms with Crippen LogP contribution in [0.25, 0.3) is 0 Å². The fraction of sp³-hybridized carbons (Fsp3) is 0.500. The molecule has 22 heavy (non-hydrogen) atoms. The van der Waals surface area contributed by atoms with Gasteiger partial charge in [-0.15, -0.1) is 0 Å². The van der Waals surface area contributed by atoms with Gasteiger partial charge < -0.3 is 15.3 Å². The number of nitrogens with one attached hydrogen (secondary N) is 1. The van der Waals surface area contributed by atoms with Crippen LogP contribution in [-0.2, 0) is 9.59 Å². The monoisotopic (exact) mass is 308 g/mol. The molecule has 2 N–H and O–H groups in total. The van der Waals surface area contributed by atoms with Gasteiger partial charge in [0, 0.05) is 19.5 Å². The fourth-order valence-electron chi connectivity index (χ4n) is 2.66. The number of hydrogen-bond donors (Lipinski definition) is 2. The van der Waals surface area contributed by atoms with E-state index >= 15 is 0 Å². The van der Waals surface area contributed by atoms with E-state index in [-0.39, 0.29) is 24.2 Å². The van der Waals surface area contributed by atoms with Crippen molar-refractivity contribution < 1.29 is 19.1 Å². The Morgan fingerprint density at radius 3 is 2.64 bits per heavy atom. The maximum absolute atomic E-state index is 12.8. The number of carbonyl (C=O) groups excluding carboxylic acids is 2. The van der Waals surface area contributed by atoms with Crippen LogP contribution in [0.1, 0.15) is 37.9 Å². The van der Waals surface area contributed by atoms with Gasteiger partial charge in [0.2, 0.25) is 11.8 Å². The maximum atomic E-state index is 12.8. The first-order valence-electron chi connectivity index (χ1n) is 7.53. The molecule has 5 nitrogen and oxygen atoms in total. The largest absolute Gasteiger partial charge is 0.387 e. The summed E-state index contributed by atoms with van der Waals surface area (Å²) in [5.41, 5.74) is 0.534. The molecular formula is C16H21FN2O3. The zero-order valence-corrected chi connectivity index (χ0v) is 12.6. The van der Waals surface area contributed by atoms with Crippen LogP contribution in [0, 0.1) is 5.82 Å². The molecule has 0 aromatic heterocycles. The highest BCUT2D eigenvalue weighted by Gasteiger charge is 2.31. The summed E-state index contributed by atoms with van der Waals surface area (Å²) in [5.74, 6) is -0.640. The molecule has 1 aliphatic heterocycles. The molecule has 1 saturated heterocycles. The summed E-state index contributed by atoms with van der Waals surface area (Å²) in [7, 11) is 0. The second kappa shape index (κ2) is 7.35. The lowest BCUT2D eigenvalue weighted by molar-refractivity contribution is -0.137. The van der Waals surface area contributed by atoms with E-state index in [1.54, 1.807) is 4.90 Å². The van der Waals surface area contributed by atoms with Crippen LogP contribution >= 0.6 is 0 Å². The Labute approximate surface area is 129 Å². The zero-order chi connectivity index (χ0) is 16.1. The van der Waals surface area contributed by atoms with Crippen molar-refractivity contribution in [2.45, 2.75) is 38.3 Å². The topological polar surface area (TPSA) is 69.6 Å². The molecule has 1 aromatic rings. The summed E-state index contributed by atoms with van der Waals surface area (Å²) < 4.78 is 12.8. The zero-order valence-electron chi connectivity index (χ0n) is 12.6. The molecule has 1 aliphatic rings. The minimum atomic E-state index is -0.906. The van der Waals surface area contributed by atoms with E-state index in [9.17, 15) is 19.1 Å². The van der Waals surface area contributed by atoms with Crippen molar-refractivity contribution in [3.8, 4) is 0 Å². The fourth-order valence-corrected chi connectivity index (χ4v) is 2.66. The van der Waals surface area contributed by atoms with Gasteiger partial charge in [-0.3, -0.25) is 9.59 Å². The molecule has 2 unspecified atom stereocenters. The average Bonchev–Trinajstić information content (AvgIpc) is 2.92. The molecule has 0 saturated carbocycles. The normalized spacial score (nSPS) is 17.4. The van der Waals surface area contributed by atoms with Crippen LogP contribution in [0.15, 0.2) is 24.3 Å². The molecule has 6 heteroatoms. The van der Waals surface area contributed by atoms with Gasteiger partial charge in [-0.05, 0) is 30.5 Å². The molecule has 0 bridgehead atoms. The van der Waals surface area contributed by atoms with Crippen molar-refractivity contribution in [2.75, 3.05) is 13.1 Å². The van der Waals surface area contributed by atoms with Crippen molar-refractivity contribution in [2.24, 2.45) is 0 Å². The number of rotatable bonds is 6. The number of halogens is 1. The summed E-state index contributed by atoms with van der Waals surface area (Å²) in [6.07, 6.45) is 0.892. The third-order valence-corrected chi connectivity index (χ3v) is 3.90. The number of carbonyl (C=O) groups is 2. The average molecular weight is 308 g/mol. The number of nitrogens with zero attached hydrogens (tertiary/aromatic N) is 1. The summed E-state index contributed by atoms with van der Waals surface area (Å²) in [4.78, 5) is 25.5. The molecule has 2 atom stereocenters. The lowest BCUT2D eigenvalue weighted by Gasteiger charge is -2.26. The molecule has 1 heterocycles. The van der Waals surface area contributed by atoms with Gasteiger partial charge in [0.25, 0.3) is 0 Å². The van der Waals surface area contributed by atoms with Crippen LogP contribution in [0.3, 0.4) is 0 Å². The van der Waals surface area contributed by atoms with E-state index < -0.39 is 12.1 Å². The number of amides is 2. The second-order valence-electron chi connectivity index (χ2n) is 5.43. The highest BCUT2D eigenvalue weighted by Crippen LogP contribution is 2.17. The van der Waals surface area contributed by atoms with E-state index in [0.717, 1.165) is 6.42 Å². The molecule has 1 aromatic carbocycles. The standard InChI is InChI=1S/C16H21FN2O3/c1-2-13(19-9-3-4-15(19)21)16(22)18-10-14(20)11-5-7-12(17)8-6-11/h5-8,13-14,20H,2-4,9-10H2,1H3,(H,18,22). The highest BCUT2D eigenvalue weighted by molar-refractivity contribution is 5.88. The molecule has 120 valence electrons. The first kappa shape index (κ1) is 16.4. The van der Waals surface area contributed by atoms with Crippen LogP contribution in [0.4, 0.5) is 4.39 Å². The molecule has 0 spiro atoms. The van der Waals surface area contributed by atoms with Crippen LogP contribution in [0.5, 0.6) is 0 Å². The summed E-state index contributed by atoms with van der Waals surface area (Å²) >= 11 is 0. The van der Waals surface area contributed by atoms with Crippen molar-refractivity contribution in [1.29, 1.82) is 0 Å². The summed E-state index contributed by atoms with van der Waals surface area (Å²) in [6, 6.07) is 4.99. The Bertz CT molecular complexity index is 533. The first-order valence-corrected chi connectivity index (χ1v) is 7.53. The van der Waals surface area contributed by atoms with E-state index in [1.807, 2.05) is 6.92 Å². The van der Waals surface area contributed by atoms with Crippen molar-refractivity contribution in [3.63, 3.8) is 0 Å². The summed E-state index contributed by atoms with van der Waals surface area (Å²) in [5, 5.41) is 12.7. The van der Waals surface area contributed by atoms with E-state index in [0.29, 0.717) is 24.9 Å². The molecule has 2 rings (SSSR count). The lowest BCUT2D eigenvalue weighted by atomic mass is 10.1. The number of aliphatic hydroxyl groups excluding tert-OH is 1. The molecule has 1 fully saturated rings. The maximum Gasteiger partial charge on any atom is 0.242 e. The molecule has 2 amide bonds. The number of likely N-dealkylation sites (tertiary alicyclic amines) is 1. The van der Waals surface area contributed by atoms with Crippen LogP contribution in [-0.4, -0.2) is 41.0 Å². The number of aliphatic hydroxyl groups is 1. The Balaban J connectivity index is 1.90. The predicted octanol–water partition coefficient (Wildman–Crippen LogP) is 1.38. The van der Waals surface area contributed by atoms with Gasteiger partial charge in [-0.1, -0.05) is 19.1 Å². The molecule has 0 radical (unpaired) electrons. The van der Waals surface area contributed by atoms with Crippen molar-refractivity contribution in [1.82, 2.24) is 10.2 Å². The minimum Gasteiger partial charge on any atom is -0.387 e. The van der Waals surface area contributed by atoms with Crippen LogP contribution in [0.2, 0.25) is 0 Å². The van der Waals surface area contributed by atoms with Gasteiger partial charge in [0.15, 0.2) is 0 Å². The third kappa shape index (κ3) is 3.82. The van der Waals surface area contributed by atoms with Gasteiger partial charge in [0.05, 0.1) is 6.10 Å². The van der Waals surface area contributed by atoms with Gasteiger partial charge >= 0.3 is 0 Å². The van der Waals surface area contributed by atoms with Crippen LogP contribution < -0.4 is 5.32 Å². The lowest BCUT2D eigenvalue weighted by Crippen LogP contribution is -2.47. The third-order valence-electron chi connectivity index (χ3n) is 3.90. The second-order valence-corrected chi connectivity index (χ2v) is 5.43. The quantitative estimate of drug-likeness (QED) is 0.834. The minimum absolute atomic E-state index is 0.00100. The Morgan fingerprint density at radius 1 is 1.41 bits per heavy atom. The summed E-state index contributed by atoms with van der Waals surface area (Å²) in [6.45, 7) is 2.49. The smallest absolute Gasteiger partial charge is 0.242 e. The van der Waals surface area contributed by atoms with Gasteiger partial charge in [-0.25, -0.2) is 4.39 Å².